The lowest BCUT2D eigenvalue weighted by Gasteiger charge is -2.30. The Hall–Kier alpha value is -1.66. The van der Waals surface area contributed by atoms with Crippen molar-refractivity contribution in [2.75, 3.05) is 0 Å². The number of hydrogen-bond donors (Lipinski definition) is 0. The SMILES string of the molecule is Cn1c(C=C2SC(=S)N(C(C)(C)C)C2=O)nc2ccccc21. The highest BCUT2D eigenvalue weighted by Gasteiger charge is 2.39. The standard InChI is InChI=1S/C16H17N3OS2/c1-16(2,3)19-14(20)12(22-15(19)21)9-13-17-10-7-5-6-8-11(10)18(13)4/h5-9H,1-4H3. The normalized spacial score (nSPS) is 18.0. The molecular weight excluding hydrogens is 314 g/mol. The first-order valence-corrected chi connectivity index (χ1v) is 8.21. The van der Waals surface area contributed by atoms with Crippen molar-refractivity contribution in [2.45, 2.75) is 26.3 Å². The van der Waals surface area contributed by atoms with Crippen LogP contribution in [0.2, 0.25) is 0 Å². The van der Waals surface area contributed by atoms with Gasteiger partial charge in [-0.15, -0.1) is 0 Å². The molecule has 6 heteroatoms. The number of thioether (sulfide) groups is 1. The Labute approximate surface area is 139 Å². The molecule has 0 N–H and O–H groups in total. The number of thiocarbonyl (C=S) groups is 1. The molecule has 0 aliphatic carbocycles. The molecule has 2 aromatic rings. The summed E-state index contributed by atoms with van der Waals surface area (Å²) in [6, 6.07) is 7.91. The van der Waals surface area contributed by atoms with Gasteiger partial charge >= 0.3 is 0 Å². The fourth-order valence-electron chi connectivity index (χ4n) is 2.46. The molecule has 1 aliphatic heterocycles. The highest BCUT2D eigenvalue weighted by Crippen LogP contribution is 2.36. The quantitative estimate of drug-likeness (QED) is 0.591. The van der Waals surface area contributed by atoms with Crippen molar-refractivity contribution in [3.8, 4) is 0 Å². The van der Waals surface area contributed by atoms with Gasteiger partial charge in [-0.1, -0.05) is 36.1 Å². The second-order valence-electron chi connectivity index (χ2n) is 6.21. The van der Waals surface area contributed by atoms with Crippen molar-refractivity contribution < 1.29 is 4.79 Å². The van der Waals surface area contributed by atoms with Gasteiger partial charge in [0.25, 0.3) is 5.91 Å². The topological polar surface area (TPSA) is 38.1 Å². The van der Waals surface area contributed by atoms with Gasteiger partial charge < -0.3 is 4.57 Å². The lowest BCUT2D eigenvalue weighted by molar-refractivity contribution is -0.125. The van der Waals surface area contributed by atoms with E-state index < -0.39 is 0 Å². The molecule has 0 bridgehead atoms. The Balaban J connectivity index is 2.03. The number of fused-ring (bicyclic) bond motifs is 1. The average molecular weight is 331 g/mol. The van der Waals surface area contributed by atoms with Crippen LogP contribution in [0.25, 0.3) is 17.1 Å². The summed E-state index contributed by atoms with van der Waals surface area (Å²) in [5, 5.41) is 0. The molecule has 0 unspecified atom stereocenters. The van der Waals surface area contributed by atoms with Crippen molar-refractivity contribution in [2.24, 2.45) is 7.05 Å². The van der Waals surface area contributed by atoms with Crippen molar-refractivity contribution in [3.05, 3.63) is 35.0 Å². The Morgan fingerprint density at radius 3 is 2.55 bits per heavy atom. The van der Waals surface area contributed by atoms with Crippen LogP contribution in [0.3, 0.4) is 0 Å². The number of carbonyl (C=O) groups is 1. The summed E-state index contributed by atoms with van der Waals surface area (Å²) in [6.07, 6.45) is 1.82. The molecule has 1 amide bonds. The highest BCUT2D eigenvalue weighted by atomic mass is 32.2. The van der Waals surface area contributed by atoms with E-state index in [2.05, 4.69) is 4.98 Å². The average Bonchev–Trinajstić information content (AvgIpc) is 2.88. The predicted octanol–water partition coefficient (Wildman–Crippen LogP) is 3.57. The molecule has 1 aromatic heterocycles. The first kappa shape index (κ1) is 15.2. The van der Waals surface area contributed by atoms with E-state index in [0.717, 1.165) is 16.9 Å². The fourth-order valence-corrected chi connectivity index (χ4v) is 4.06. The number of carbonyl (C=O) groups excluding carboxylic acids is 1. The van der Waals surface area contributed by atoms with Crippen molar-refractivity contribution in [1.82, 2.24) is 14.5 Å². The zero-order valence-corrected chi connectivity index (χ0v) is 14.6. The molecule has 1 aromatic carbocycles. The molecule has 0 saturated carbocycles. The molecule has 0 atom stereocenters. The van der Waals surface area contributed by atoms with Gasteiger partial charge in [-0.05, 0) is 32.9 Å². The molecule has 4 nitrogen and oxygen atoms in total. The summed E-state index contributed by atoms with van der Waals surface area (Å²) in [7, 11) is 1.95. The molecule has 0 radical (unpaired) electrons. The minimum absolute atomic E-state index is 0.0467. The van der Waals surface area contributed by atoms with E-state index in [-0.39, 0.29) is 11.4 Å². The number of nitrogens with zero attached hydrogens (tertiary/aromatic N) is 3. The molecular formula is C16H17N3OS2. The van der Waals surface area contributed by atoms with Crippen LogP contribution < -0.4 is 0 Å². The smallest absolute Gasteiger partial charge is 0.266 e. The van der Waals surface area contributed by atoms with Crippen molar-refractivity contribution in [1.29, 1.82) is 0 Å². The molecule has 1 aliphatic rings. The number of aromatic nitrogens is 2. The number of benzene rings is 1. The van der Waals surface area contributed by atoms with Crippen LogP contribution in [0.1, 0.15) is 26.6 Å². The minimum atomic E-state index is -0.316. The highest BCUT2D eigenvalue weighted by molar-refractivity contribution is 8.26. The van der Waals surface area contributed by atoms with Crippen LogP contribution in [0.15, 0.2) is 29.2 Å². The number of hydrogen-bond acceptors (Lipinski definition) is 4. The fraction of sp³-hybridized carbons (Fsp3) is 0.312. The molecule has 1 saturated heterocycles. The molecule has 114 valence electrons. The lowest BCUT2D eigenvalue weighted by Crippen LogP contribution is -2.44. The monoisotopic (exact) mass is 331 g/mol. The van der Waals surface area contributed by atoms with Gasteiger partial charge in [0.2, 0.25) is 0 Å². The minimum Gasteiger partial charge on any atom is -0.328 e. The second-order valence-corrected chi connectivity index (χ2v) is 7.88. The number of amides is 1. The third-order valence-electron chi connectivity index (χ3n) is 3.55. The summed E-state index contributed by atoms with van der Waals surface area (Å²) in [5.74, 6) is 0.713. The zero-order valence-electron chi connectivity index (χ0n) is 13.0. The molecule has 2 heterocycles. The largest absolute Gasteiger partial charge is 0.328 e. The van der Waals surface area contributed by atoms with E-state index in [1.165, 1.54) is 11.8 Å². The number of imidazole rings is 1. The van der Waals surface area contributed by atoms with Crippen LogP contribution in [0, 0.1) is 0 Å². The summed E-state index contributed by atoms with van der Waals surface area (Å²) < 4.78 is 2.58. The molecule has 1 fully saturated rings. The van der Waals surface area contributed by atoms with Gasteiger partial charge in [-0.25, -0.2) is 4.98 Å². The van der Waals surface area contributed by atoms with Crippen molar-refractivity contribution in [3.63, 3.8) is 0 Å². The summed E-state index contributed by atoms with van der Waals surface area (Å²) in [4.78, 5) is 19.5. The van der Waals surface area contributed by atoms with Crippen LogP contribution >= 0.6 is 24.0 Å². The molecule has 0 spiro atoms. The van der Waals surface area contributed by atoms with Crippen LogP contribution in [-0.2, 0) is 11.8 Å². The first-order valence-electron chi connectivity index (χ1n) is 6.98. The Bertz CT molecular complexity index is 814. The maximum absolute atomic E-state index is 12.6. The number of para-hydroxylation sites is 2. The second kappa shape index (κ2) is 5.21. The third-order valence-corrected chi connectivity index (χ3v) is 4.85. The Morgan fingerprint density at radius 2 is 1.95 bits per heavy atom. The Kier molecular flexibility index (Phi) is 3.61. The van der Waals surface area contributed by atoms with Gasteiger partial charge in [0.15, 0.2) is 0 Å². The first-order chi connectivity index (χ1) is 10.3. The van der Waals surface area contributed by atoms with Gasteiger partial charge in [-0.3, -0.25) is 9.69 Å². The van der Waals surface area contributed by atoms with Crippen LogP contribution in [-0.4, -0.2) is 30.2 Å². The van der Waals surface area contributed by atoms with Gasteiger partial charge in [0, 0.05) is 18.7 Å². The van der Waals surface area contributed by atoms with Crippen LogP contribution in [0.5, 0.6) is 0 Å². The maximum Gasteiger partial charge on any atom is 0.266 e. The van der Waals surface area contributed by atoms with Gasteiger partial charge in [0.05, 0.1) is 15.9 Å². The summed E-state index contributed by atoms with van der Waals surface area (Å²) in [5.41, 5.74) is 1.64. The third kappa shape index (κ3) is 2.46. The number of aryl methyl sites for hydroxylation is 1. The van der Waals surface area contributed by atoms with E-state index in [1.807, 2.05) is 62.7 Å². The van der Waals surface area contributed by atoms with E-state index in [9.17, 15) is 4.79 Å². The summed E-state index contributed by atoms with van der Waals surface area (Å²) in [6.45, 7) is 5.95. The van der Waals surface area contributed by atoms with E-state index in [1.54, 1.807) is 4.90 Å². The van der Waals surface area contributed by atoms with Crippen LogP contribution in [0.4, 0.5) is 0 Å². The van der Waals surface area contributed by atoms with Gasteiger partial charge in [0.1, 0.15) is 10.1 Å². The maximum atomic E-state index is 12.6. The zero-order chi connectivity index (χ0) is 16.1. The van der Waals surface area contributed by atoms with E-state index in [4.69, 9.17) is 12.2 Å². The summed E-state index contributed by atoms with van der Waals surface area (Å²) >= 11 is 6.69. The van der Waals surface area contributed by atoms with E-state index in [0.29, 0.717) is 9.23 Å². The molecule has 3 rings (SSSR count). The Morgan fingerprint density at radius 1 is 1.27 bits per heavy atom. The van der Waals surface area contributed by atoms with Gasteiger partial charge in [-0.2, -0.15) is 0 Å². The lowest BCUT2D eigenvalue weighted by atomic mass is 10.1. The van der Waals surface area contributed by atoms with E-state index >= 15 is 0 Å². The van der Waals surface area contributed by atoms with Crippen molar-refractivity contribution >= 4 is 51.3 Å². The number of rotatable bonds is 1. The molecule has 22 heavy (non-hydrogen) atoms. The predicted molar refractivity (Wildman–Crippen MR) is 95.5 cm³/mol.